The molecule has 0 N–H and O–H groups in total. The quantitative estimate of drug-likeness (QED) is 0.145. The van der Waals surface area contributed by atoms with Crippen LogP contribution >= 0.6 is 23.5 Å². The maximum absolute atomic E-state index is 7.64. The van der Waals surface area contributed by atoms with Crippen LogP contribution in [0.4, 0.5) is 68.2 Å². The molecule has 6 aliphatic rings. The molecule has 11 heteroatoms. The Morgan fingerprint density at radius 3 is 1.35 bits per heavy atom. The lowest BCUT2D eigenvalue weighted by Crippen LogP contribution is -2.59. The second-order valence-electron chi connectivity index (χ2n) is 23.1. The predicted octanol–water partition coefficient (Wildman–Crippen LogP) is 17.8. The third kappa shape index (κ3) is 7.78. The molecule has 89 heavy (non-hydrogen) atoms. The van der Waals surface area contributed by atoms with Crippen LogP contribution in [0.15, 0.2) is 311 Å². The van der Waals surface area contributed by atoms with Crippen LogP contribution in [0.5, 0.6) is 34.5 Å². The normalized spacial score (nSPS) is 13.7. The fourth-order valence-corrected chi connectivity index (χ4v) is 16.5. The number of hydrogen-bond donors (Lipinski definition) is 0. The minimum atomic E-state index is -0.298. The molecular formula is C78H48B2N4O3S2. The van der Waals surface area contributed by atoms with Gasteiger partial charge in [-0.05, 0) is 166 Å². The summed E-state index contributed by atoms with van der Waals surface area (Å²) in [6.45, 7) is -0.401. The molecule has 0 radical (unpaired) electrons. The van der Waals surface area contributed by atoms with Gasteiger partial charge in [0.25, 0.3) is 13.4 Å². The standard InChI is InChI=1S/C78H48B2N4O3S2/c1-4-22-51(23-5-1)81(52-24-6-2-7-25-52)54-41-42-57-69(47-54)85-70-46-50(45-64-75(70)79(57)55-28-10-12-30-59(55)82(64)53-26-8-3-9-27-53)49-40-43-68-58(44-49)80-56-29-11-17-35-67(56)86-77-65(83-60-31-13-18-36-71(60)88-72-37-19-14-32-61(72)83)48-66(78(87-68)76(77)80)84-62-33-15-20-38-73(62)89-74-39-21-16-34-63(74)84/h1-48H. The van der Waals surface area contributed by atoms with Gasteiger partial charge in [-0.15, -0.1) is 0 Å². The average Bonchev–Trinajstić information content (AvgIpc) is 0.809. The van der Waals surface area contributed by atoms with Crippen LogP contribution in [-0.2, 0) is 0 Å². The number of anilines is 12. The van der Waals surface area contributed by atoms with Crippen molar-refractivity contribution in [1.82, 2.24) is 0 Å². The first kappa shape index (κ1) is 50.4. The van der Waals surface area contributed by atoms with Crippen LogP contribution in [0.1, 0.15) is 0 Å². The van der Waals surface area contributed by atoms with E-state index in [0.29, 0.717) is 0 Å². The summed E-state index contributed by atoms with van der Waals surface area (Å²) in [6, 6.07) is 105. The van der Waals surface area contributed by atoms with Gasteiger partial charge >= 0.3 is 0 Å². The van der Waals surface area contributed by atoms with Crippen LogP contribution in [-0.4, -0.2) is 13.4 Å². The zero-order valence-corrected chi connectivity index (χ0v) is 49.3. The van der Waals surface area contributed by atoms with E-state index in [1.54, 1.807) is 23.5 Å². The van der Waals surface area contributed by atoms with E-state index in [-0.39, 0.29) is 13.4 Å². The summed E-state index contributed by atoms with van der Waals surface area (Å²) in [5, 5.41) is 0. The lowest BCUT2D eigenvalue weighted by molar-refractivity contribution is 0.466. The van der Waals surface area contributed by atoms with E-state index < -0.39 is 0 Å². The molecule has 0 aromatic heterocycles. The minimum absolute atomic E-state index is 0.103. The molecule has 0 fully saturated rings. The number of benzene rings is 13. The molecule has 19 rings (SSSR count). The molecule has 0 atom stereocenters. The molecule has 6 aliphatic heterocycles. The van der Waals surface area contributed by atoms with E-state index in [4.69, 9.17) is 14.2 Å². The molecular weight excluding hydrogens is 1130 g/mol. The van der Waals surface area contributed by atoms with Gasteiger partial charge in [-0.2, -0.15) is 0 Å². The molecule has 13 aromatic carbocycles. The zero-order valence-electron chi connectivity index (χ0n) is 47.7. The summed E-state index contributed by atoms with van der Waals surface area (Å²) in [5.74, 6) is 4.77. The van der Waals surface area contributed by atoms with Crippen LogP contribution in [0, 0.1) is 0 Å². The molecule has 0 unspecified atom stereocenters. The lowest BCUT2D eigenvalue weighted by Gasteiger charge is -2.41. The third-order valence-corrected chi connectivity index (χ3v) is 20.4. The first-order valence-electron chi connectivity index (χ1n) is 30.1. The highest BCUT2D eigenvalue weighted by molar-refractivity contribution is 8.00. The molecule has 0 bridgehead atoms. The Morgan fingerprint density at radius 1 is 0.270 bits per heavy atom. The Morgan fingerprint density at radius 2 is 0.753 bits per heavy atom. The summed E-state index contributed by atoms with van der Waals surface area (Å²) in [7, 11) is 0. The number of fused-ring (bicyclic) bond motifs is 12. The average molecular weight is 1180 g/mol. The van der Waals surface area contributed by atoms with E-state index in [9.17, 15) is 0 Å². The number of rotatable bonds is 7. The van der Waals surface area contributed by atoms with Crippen molar-refractivity contribution in [2.24, 2.45) is 0 Å². The zero-order chi connectivity index (χ0) is 58.3. The monoisotopic (exact) mass is 1170 g/mol. The maximum Gasteiger partial charge on any atom is 0.260 e. The van der Waals surface area contributed by atoms with Gasteiger partial charge in [0.05, 0.1) is 34.1 Å². The first-order chi connectivity index (χ1) is 44.1. The van der Waals surface area contributed by atoms with Crippen molar-refractivity contribution in [3.8, 4) is 45.6 Å². The largest absolute Gasteiger partial charge is 0.458 e. The second-order valence-corrected chi connectivity index (χ2v) is 25.2. The molecule has 416 valence electrons. The van der Waals surface area contributed by atoms with Gasteiger partial charge in [-0.3, -0.25) is 0 Å². The van der Waals surface area contributed by atoms with E-state index in [0.717, 1.165) is 141 Å². The van der Waals surface area contributed by atoms with Crippen LogP contribution < -0.4 is 66.6 Å². The Bertz CT molecular complexity index is 4850. The van der Waals surface area contributed by atoms with Gasteiger partial charge in [0.1, 0.15) is 23.0 Å². The summed E-state index contributed by atoms with van der Waals surface area (Å²) in [4.78, 5) is 14.2. The molecule has 6 heterocycles. The summed E-state index contributed by atoms with van der Waals surface area (Å²) in [6.07, 6.45) is 0. The highest BCUT2D eigenvalue weighted by Gasteiger charge is 2.47. The second kappa shape index (κ2) is 19.9. The fourth-order valence-electron chi connectivity index (χ4n) is 14.4. The number of para-hydroxylation sites is 9. The molecule has 0 spiro atoms. The van der Waals surface area contributed by atoms with Gasteiger partial charge in [-0.1, -0.05) is 181 Å². The van der Waals surface area contributed by atoms with Crippen molar-refractivity contribution in [2.45, 2.75) is 19.6 Å². The number of hydrogen-bond acceptors (Lipinski definition) is 9. The van der Waals surface area contributed by atoms with E-state index in [1.165, 1.54) is 25.0 Å². The van der Waals surface area contributed by atoms with Gasteiger partial charge in [0, 0.05) is 65.2 Å². The van der Waals surface area contributed by atoms with E-state index >= 15 is 0 Å². The molecule has 0 aliphatic carbocycles. The topological polar surface area (TPSA) is 40.7 Å². The van der Waals surface area contributed by atoms with Gasteiger partial charge < -0.3 is 33.8 Å². The molecule has 0 amide bonds. The van der Waals surface area contributed by atoms with Gasteiger partial charge in [0.2, 0.25) is 0 Å². The minimum Gasteiger partial charge on any atom is -0.458 e. The van der Waals surface area contributed by atoms with Crippen molar-refractivity contribution in [3.63, 3.8) is 0 Å². The van der Waals surface area contributed by atoms with Crippen molar-refractivity contribution in [3.05, 3.63) is 291 Å². The van der Waals surface area contributed by atoms with Crippen molar-refractivity contribution < 1.29 is 14.2 Å². The summed E-state index contributed by atoms with van der Waals surface area (Å²) in [5.41, 5.74) is 21.3. The Kier molecular flexibility index (Phi) is 11.3. The Hall–Kier alpha value is -10.7. The number of ether oxygens (including phenoxy) is 3. The summed E-state index contributed by atoms with van der Waals surface area (Å²) < 4.78 is 22.6. The first-order valence-corrected chi connectivity index (χ1v) is 31.7. The Balaban J connectivity index is 0.831. The van der Waals surface area contributed by atoms with Crippen LogP contribution in [0.25, 0.3) is 11.1 Å². The highest BCUT2D eigenvalue weighted by atomic mass is 32.2. The third-order valence-electron chi connectivity index (χ3n) is 18.1. The van der Waals surface area contributed by atoms with E-state index in [2.05, 4.69) is 311 Å². The smallest absolute Gasteiger partial charge is 0.260 e. The summed E-state index contributed by atoms with van der Waals surface area (Å²) >= 11 is 3.61. The van der Waals surface area contributed by atoms with E-state index in [1.807, 2.05) is 0 Å². The predicted molar refractivity (Wildman–Crippen MR) is 368 cm³/mol. The highest BCUT2D eigenvalue weighted by Crippen LogP contribution is 2.60. The van der Waals surface area contributed by atoms with Crippen LogP contribution in [0.2, 0.25) is 0 Å². The Labute approximate surface area is 524 Å². The van der Waals surface area contributed by atoms with Crippen LogP contribution in [0.3, 0.4) is 0 Å². The molecule has 0 saturated carbocycles. The fraction of sp³-hybridized carbons (Fsp3) is 0. The maximum atomic E-state index is 7.64. The number of nitrogens with zero attached hydrogens (tertiary/aromatic N) is 4. The molecule has 0 saturated heterocycles. The van der Waals surface area contributed by atoms with Gasteiger partial charge in [-0.25, -0.2) is 0 Å². The SMILES string of the molecule is c1ccc(N(c2ccccc2)c2ccc3c(c2)Oc2cc(-c4ccc5c(c4)B4c6ccccc6Oc6c(N7c8ccccc8Sc8ccccc87)cc(N7c8ccccc8Sc8ccccc87)c(c64)O5)cc4c2B3c2ccccc2N4c2ccccc2)cc1. The molecule has 7 nitrogen and oxygen atoms in total. The van der Waals surface area contributed by atoms with Crippen molar-refractivity contribution in [1.29, 1.82) is 0 Å². The van der Waals surface area contributed by atoms with Gasteiger partial charge in [0.15, 0.2) is 11.5 Å². The van der Waals surface area contributed by atoms with Crippen molar-refractivity contribution in [2.75, 3.05) is 19.6 Å². The van der Waals surface area contributed by atoms with Crippen molar-refractivity contribution >= 4 is 138 Å². The molecule has 13 aromatic rings. The lowest BCUT2D eigenvalue weighted by atomic mass is 9.34.